The van der Waals surface area contributed by atoms with Crippen molar-refractivity contribution in [1.29, 1.82) is 5.26 Å². The molecule has 0 spiro atoms. The van der Waals surface area contributed by atoms with Crippen LogP contribution < -0.4 is 5.14 Å². The summed E-state index contributed by atoms with van der Waals surface area (Å²) in [7, 11) is -3.76. The molecule has 0 saturated heterocycles. The van der Waals surface area contributed by atoms with Crippen LogP contribution in [0, 0.1) is 11.3 Å². The van der Waals surface area contributed by atoms with Crippen LogP contribution in [0.5, 0.6) is 0 Å². The van der Waals surface area contributed by atoms with Gasteiger partial charge in [-0.2, -0.15) is 5.26 Å². The molecule has 2 aromatic carbocycles. The molecule has 2 N–H and O–H groups in total. The van der Waals surface area contributed by atoms with E-state index in [1.165, 1.54) is 6.07 Å². The summed E-state index contributed by atoms with van der Waals surface area (Å²) in [6.07, 6.45) is 0. The molecule has 0 unspecified atom stereocenters. The van der Waals surface area contributed by atoms with E-state index in [0.29, 0.717) is 16.3 Å². The van der Waals surface area contributed by atoms with Gasteiger partial charge in [0.15, 0.2) is 0 Å². The van der Waals surface area contributed by atoms with Gasteiger partial charge in [0.05, 0.1) is 16.5 Å². The van der Waals surface area contributed by atoms with E-state index in [0.717, 1.165) is 0 Å². The lowest BCUT2D eigenvalue weighted by Gasteiger charge is -2.04. The Hall–Kier alpha value is -1.90. The van der Waals surface area contributed by atoms with E-state index in [9.17, 15) is 8.42 Å². The first-order valence-electron chi connectivity index (χ1n) is 4.48. The topological polar surface area (TPSA) is 83.9 Å². The number of nitrogens with two attached hydrogens (primary N) is 1. The van der Waals surface area contributed by atoms with Gasteiger partial charge in [-0.25, -0.2) is 13.6 Å². The summed E-state index contributed by atoms with van der Waals surface area (Å²) in [4.78, 5) is 0.0436. The van der Waals surface area contributed by atoms with Crippen LogP contribution in [0.15, 0.2) is 41.3 Å². The summed E-state index contributed by atoms with van der Waals surface area (Å²) >= 11 is 0. The average molecular weight is 232 g/mol. The zero-order valence-corrected chi connectivity index (χ0v) is 9.03. The van der Waals surface area contributed by atoms with Crippen molar-refractivity contribution in [2.24, 2.45) is 5.14 Å². The first-order valence-corrected chi connectivity index (χ1v) is 6.03. The third-order valence-corrected chi connectivity index (χ3v) is 3.28. The lowest BCUT2D eigenvalue weighted by Crippen LogP contribution is -2.12. The summed E-state index contributed by atoms with van der Waals surface area (Å²) in [5, 5.41) is 15.1. The van der Waals surface area contributed by atoms with Gasteiger partial charge in [0, 0.05) is 10.8 Å². The highest BCUT2D eigenvalue weighted by Crippen LogP contribution is 2.24. The van der Waals surface area contributed by atoms with Gasteiger partial charge >= 0.3 is 0 Å². The molecule has 0 atom stereocenters. The number of fused-ring (bicyclic) bond motifs is 1. The highest BCUT2D eigenvalue weighted by atomic mass is 32.2. The van der Waals surface area contributed by atoms with Crippen molar-refractivity contribution in [1.82, 2.24) is 0 Å². The highest BCUT2D eigenvalue weighted by molar-refractivity contribution is 7.89. The fourth-order valence-corrected chi connectivity index (χ4v) is 2.38. The predicted molar refractivity (Wildman–Crippen MR) is 60.0 cm³/mol. The maximum Gasteiger partial charge on any atom is 0.238 e. The molecule has 0 radical (unpaired) electrons. The Morgan fingerprint density at radius 2 is 1.69 bits per heavy atom. The molecule has 0 aliphatic heterocycles. The number of nitriles is 1. The molecule has 0 aliphatic carbocycles. The number of hydrogen-bond donors (Lipinski definition) is 1. The third-order valence-electron chi connectivity index (χ3n) is 2.31. The zero-order chi connectivity index (χ0) is 11.8. The molecule has 0 fully saturated rings. The molecule has 5 heteroatoms. The molecule has 16 heavy (non-hydrogen) atoms. The Bertz CT molecular complexity index is 699. The minimum absolute atomic E-state index is 0.0436. The van der Waals surface area contributed by atoms with Gasteiger partial charge in [-0.15, -0.1) is 0 Å². The highest BCUT2D eigenvalue weighted by Gasteiger charge is 2.12. The molecule has 2 aromatic rings. The monoisotopic (exact) mass is 232 g/mol. The largest absolute Gasteiger partial charge is 0.238 e. The van der Waals surface area contributed by atoms with E-state index in [2.05, 4.69) is 0 Å². The van der Waals surface area contributed by atoms with Gasteiger partial charge in [0.2, 0.25) is 10.0 Å². The van der Waals surface area contributed by atoms with Crippen molar-refractivity contribution in [3.63, 3.8) is 0 Å². The number of nitrogens with zero attached hydrogens (tertiary/aromatic N) is 1. The summed E-state index contributed by atoms with van der Waals surface area (Å²) in [6, 6.07) is 11.6. The van der Waals surface area contributed by atoms with Crippen LogP contribution in [0.1, 0.15) is 5.56 Å². The van der Waals surface area contributed by atoms with Gasteiger partial charge in [0.1, 0.15) is 0 Å². The minimum Gasteiger partial charge on any atom is -0.225 e. The van der Waals surface area contributed by atoms with Crippen LogP contribution in [0.4, 0.5) is 0 Å². The molecule has 4 nitrogen and oxygen atoms in total. The van der Waals surface area contributed by atoms with Crippen molar-refractivity contribution in [3.8, 4) is 6.07 Å². The Balaban J connectivity index is 2.97. The molecule has 0 bridgehead atoms. The van der Waals surface area contributed by atoms with Crippen molar-refractivity contribution in [2.45, 2.75) is 4.90 Å². The lowest BCUT2D eigenvalue weighted by atomic mass is 10.1. The zero-order valence-electron chi connectivity index (χ0n) is 8.21. The second-order valence-electron chi connectivity index (χ2n) is 3.31. The smallest absolute Gasteiger partial charge is 0.225 e. The van der Waals surface area contributed by atoms with Crippen LogP contribution in [0.2, 0.25) is 0 Å². The van der Waals surface area contributed by atoms with Crippen molar-refractivity contribution >= 4 is 20.8 Å². The lowest BCUT2D eigenvalue weighted by molar-refractivity contribution is 0.598. The Morgan fingerprint density at radius 3 is 2.31 bits per heavy atom. The standard InChI is InChI=1S/C11H8N2O2S/c12-7-8-3-1-5-10-9(8)4-2-6-11(10)16(13,14)15/h1-6H,(H2,13,14,15). The van der Waals surface area contributed by atoms with E-state index in [1.807, 2.05) is 6.07 Å². The summed E-state index contributed by atoms with van der Waals surface area (Å²) in [5.41, 5.74) is 0.433. The van der Waals surface area contributed by atoms with Crippen LogP contribution in [0.3, 0.4) is 0 Å². The maximum absolute atomic E-state index is 11.3. The molecule has 0 aliphatic rings. The van der Waals surface area contributed by atoms with E-state index < -0.39 is 10.0 Å². The maximum atomic E-state index is 11.3. The molecular weight excluding hydrogens is 224 g/mol. The normalized spacial score (nSPS) is 11.2. The van der Waals surface area contributed by atoms with Crippen molar-refractivity contribution in [3.05, 3.63) is 42.0 Å². The number of primary sulfonamides is 1. The number of benzene rings is 2. The van der Waals surface area contributed by atoms with Crippen LogP contribution in [0.25, 0.3) is 10.8 Å². The van der Waals surface area contributed by atoms with E-state index in [1.54, 1.807) is 30.3 Å². The average Bonchev–Trinajstić information content (AvgIpc) is 2.26. The van der Waals surface area contributed by atoms with Gasteiger partial charge in [0.25, 0.3) is 0 Å². The quantitative estimate of drug-likeness (QED) is 0.805. The first-order chi connectivity index (χ1) is 7.54. The molecular formula is C11H8N2O2S. The SMILES string of the molecule is N#Cc1cccc2c(S(N)(=O)=O)cccc12. The predicted octanol–water partition coefficient (Wildman–Crippen LogP) is 1.36. The third kappa shape index (κ3) is 1.65. The summed E-state index contributed by atoms with van der Waals surface area (Å²) in [6.45, 7) is 0. The second kappa shape index (κ2) is 3.59. The van der Waals surface area contributed by atoms with Crippen molar-refractivity contribution in [2.75, 3.05) is 0 Å². The number of sulfonamides is 1. The molecule has 0 heterocycles. The van der Waals surface area contributed by atoms with Gasteiger partial charge in [-0.3, -0.25) is 0 Å². The Kier molecular flexibility index (Phi) is 2.38. The van der Waals surface area contributed by atoms with Gasteiger partial charge < -0.3 is 0 Å². The second-order valence-corrected chi connectivity index (χ2v) is 4.84. The number of rotatable bonds is 1. The number of hydrogen-bond acceptors (Lipinski definition) is 3. The Labute approximate surface area is 93.0 Å². The fraction of sp³-hybridized carbons (Fsp3) is 0. The molecule has 0 aromatic heterocycles. The van der Waals surface area contributed by atoms with E-state index in [4.69, 9.17) is 10.4 Å². The molecule has 0 amide bonds. The minimum atomic E-state index is -3.76. The molecule has 0 saturated carbocycles. The Morgan fingerprint density at radius 1 is 1.06 bits per heavy atom. The van der Waals surface area contributed by atoms with Crippen LogP contribution in [-0.2, 0) is 10.0 Å². The van der Waals surface area contributed by atoms with Crippen LogP contribution >= 0.6 is 0 Å². The van der Waals surface area contributed by atoms with E-state index in [-0.39, 0.29) is 4.90 Å². The molecule has 80 valence electrons. The van der Waals surface area contributed by atoms with Crippen molar-refractivity contribution < 1.29 is 8.42 Å². The van der Waals surface area contributed by atoms with Gasteiger partial charge in [-0.05, 0) is 12.1 Å². The van der Waals surface area contributed by atoms with Crippen LogP contribution in [-0.4, -0.2) is 8.42 Å². The summed E-state index contributed by atoms with van der Waals surface area (Å²) in [5.74, 6) is 0. The summed E-state index contributed by atoms with van der Waals surface area (Å²) < 4.78 is 22.7. The fourth-order valence-electron chi connectivity index (χ4n) is 1.63. The first kappa shape index (κ1) is 10.6. The van der Waals surface area contributed by atoms with E-state index >= 15 is 0 Å². The van der Waals surface area contributed by atoms with Gasteiger partial charge in [-0.1, -0.05) is 24.3 Å². The molecule has 2 rings (SSSR count).